The molecule has 142 valence electrons. The summed E-state index contributed by atoms with van der Waals surface area (Å²) in [6.07, 6.45) is 0.419. The van der Waals surface area contributed by atoms with Crippen molar-refractivity contribution in [3.05, 3.63) is 33.8 Å². The zero-order valence-corrected chi connectivity index (χ0v) is 15.8. The maximum Gasteiger partial charge on any atom is 0.404 e. The topological polar surface area (TPSA) is 78.9 Å². The summed E-state index contributed by atoms with van der Waals surface area (Å²) in [4.78, 5) is 25.6. The second-order valence-electron chi connectivity index (χ2n) is 6.86. The molecule has 2 amide bonds. The van der Waals surface area contributed by atoms with Crippen molar-refractivity contribution in [3.63, 3.8) is 0 Å². The highest BCUT2D eigenvalue weighted by molar-refractivity contribution is 6.42. The van der Waals surface area contributed by atoms with Gasteiger partial charge >= 0.3 is 6.09 Å². The number of nitrogens with one attached hydrogen (secondary N) is 1. The molecule has 0 radical (unpaired) electrons. The summed E-state index contributed by atoms with van der Waals surface area (Å²) in [6, 6.07) is 5.45. The third-order valence-electron chi connectivity index (χ3n) is 5.21. The summed E-state index contributed by atoms with van der Waals surface area (Å²) >= 11 is 12.2. The molecule has 3 rings (SSSR count). The van der Waals surface area contributed by atoms with Gasteiger partial charge in [-0.25, -0.2) is 4.79 Å². The molecule has 6 nitrogen and oxygen atoms in total. The van der Waals surface area contributed by atoms with E-state index in [1.165, 1.54) is 0 Å². The minimum atomic E-state index is -1.06. The van der Waals surface area contributed by atoms with E-state index in [-0.39, 0.29) is 30.2 Å². The van der Waals surface area contributed by atoms with E-state index in [0.717, 1.165) is 18.4 Å². The van der Waals surface area contributed by atoms with Gasteiger partial charge < -0.3 is 20.1 Å². The van der Waals surface area contributed by atoms with E-state index < -0.39 is 6.09 Å². The van der Waals surface area contributed by atoms with Crippen LogP contribution in [0.5, 0.6) is 0 Å². The summed E-state index contributed by atoms with van der Waals surface area (Å²) in [6.45, 7) is 2.61. The lowest BCUT2D eigenvalue weighted by atomic mass is 9.89. The quantitative estimate of drug-likeness (QED) is 0.812. The van der Waals surface area contributed by atoms with Crippen molar-refractivity contribution in [2.45, 2.75) is 18.8 Å². The van der Waals surface area contributed by atoms with Gasteiger partial charge in [-0.15, -0.1) is 0 Å². The maximum atomic E-state index is 12.9. The average molecular weight is 401 g/mol. The van der Waals surface area contributed by atoms with Gasteiger partial charge in [0.15, 0.2) is 0 Å². The monoisotopic (exact) mass is 400 g/mol. The fourth-order valence-corrected chi connectivity index (χ4v) is 4.11. The molecule has 0 aromatic heterocycles. The van der Waals surface area contributed by atoms with Crippen LogP contribution in [0.3, 0.4) is 0 Å². The Labute approximate surface area is 162 Å². The second-order valence-corrected chi connectivity index (χ2v) is 7.67. The molecule has 2 fully saturated rings. The van der Waals surface area contributed by atoms with E-state index in [9.17, 15) is 9.59 Å². The van der Waals surface area contributed by atoms with Crippen molar-refractivity contribution >= 4 is 35.2 Å². The van der Waals surface area contributed by atoms with Crippen molar-refractivity contribution in [1.29, 1.82) is 0 Å². The fraction of sp³-hybridized carbons (Fsp3) is 0.556. The minimum absolute atomic E-state index is 0.00728. The van der Waals surface area contributed by atoms with E-state index in [1.54, 1.807) is 6.07 Å². The lowest BCUT2D eigenvalue weighted by Gasteiger charge is -2.26. The van der Waals surface area contributed by atoms with Gasteiger partial charge in [0.25, 0.3) is 0 Å². The van der Waals surface area contributed by atoms with Crippen LogP contribution in [0.15, 0.2) is 18.2 Å². The number of likely N-dealkylation sites (tertiary alicyclic amines) is 1. The smallest absolute Gasteiger partial charge is 0.404 e. The number of nitrogens with zero attached hydrogens (tertiary/aromatic N) is 1. The van der Waals surface area contributed by atoms with Crippen LogP contribution in [-0.4, -0.2) is 54.9 Å². The Hall–Kier alpha value is -1.50. The average Bonchev–Trinajstić information content (AvgIpc) is 3.06. The molecule has 2 N–H and O–H groups in total. The normalized spacial score (nSPS) is 23.8. The highest BCUT2D eigenvalue weighted by Gasteiger charge is 2.38. The molecule has 0 unspecified atom stereocenters. The number of carbonyl (C=O) groups excluding carboxylic acids is 1. The zero-order valence-electron chi connectivity index (χ0n) is 14.3. The van der Waals surface area contributed by atoms with E-state index in [0.29, 0.717) is 36.3 Å². The number of carbonyl (C=O) groups is 2. The Bertz CT molecular complexity index is 679. The highest BCUT2D eigenvalue weighted by atomic mass is 35.5. The lowest BCUT2D eigenvalue weighted by Crippen LogP contribution is -2.38. The third-order valence-corrected chi connectivity index (χ3v) is 5.95. The first-order valence-corrected chi connectivity index (χ1v) is 9.49. The maximum absolute atomic E-state index is 12.9. The summed E-state index contributed by atoms with van der Waals surface area (Å²) in [5.74, 6) is 0.133. The van der Waals surface area contributed by atoms with Crippen molar-refractivity contribution in [2.75, 3.05) is 32.8 Å². The van der Waals surface area contributed by atoms with Gasteiger partial charge in [-0.3, -0.25) is 4.79 Å². The van der Waals surface area contributed by atoms with Gasteiger partial charge in [0.1, 0.15) is 0 Å². The molecule has 26 heavy (non-hydrogen) atoms. The molecular weight excluding hydrogens is 379 g/mol. The van der Waals surface area contributed by atoms with E-state index in [1.807, 2.05) is 17.0 Å². The number of rotatable bonds is 4. The molecule has 0 saturated carbocycles. The summed E-state index contributed by atoms with van der Waals surface area (Å²) in [5.41, 5.74) is 0.971. The molecule has 2 aliphatic heterocycles. The zero-order chi connectivity index (χ0) is 18.7. The van der Waals surface area contributed by atoms with Gasteiger partial charge in [0.2, 0.25) is 5.91 Å². The summed E-state index contributed by atoms with van der Waals surface area (Å²) in [5, 5.41) is 12.3. The molecule has 1 aromatic rings. The number of hydrogen-bond donors (Lipinski definition) is 2. The molecule has 0 aliphatic carbocycles. The first kappa shape index (κ1) is 19.3. The number of amides is 2. The van der Waals surface area contributed by atoms with Crippen molar-refractivity contribution in [3.8, 4) is 0 Å². The largest absolute Gasteiger partial charge is 0.465 e. The minimum Gasteiger partial charge on any atom is -0.465 e. The first-order chi connectivity index (χ1) is 12.5. The molecule has 2 heterocycles. The standard InChI is InChI=1S/C18H22Cl2N2O4/c19-15-2-1-12(7-16(15)20)14-10-22(9-13(14)8-21-18(24)25)17(23)11-3-5-26-6-4-11/h1-2,7,11,13-14,21H,3-6,8-10H2,(H,24,25)/t13-,14-/m0/s1. The number of carboxylic acid groups (broad SMARTS) is 1. The number of hydrogen-bond acceptors (Lipinski definition) is 3. The summed E-state index contributed by atoms with van der Waals surface area (Å²) < 4.78 is 5.34. The Morgan fingerprint density at radius 2 is 1.92 bits per heavy atom. The summed E-state index contributed by atoms with van der Waals surface area (Å²) in [7, 11) is 0. The molecule has 2 atom stereocenters. The number of benzene rings is 1. The fourth-order valence-electron chi connectivity index (χ4n) is 3.80. The van der Waals surface area contributed by atoms with Crippen LogP contribution in [0.1, 0.15) is 24.3 Å². The van der Waals surface area contributed by atoms with Gasteiger partial charge in [-0.1, -0.05) is 29.3 Å². The molecule has 2 aliphatic rings. The Morgan fingerprint density at radius 3 is 2.58 bits per heavy atom. The number of ether oxygens (including phenoxy) is 1. The van der Waals surface area contributed by atoms with Crippen molar-refractivity contribution in [1.82, 2.24) is 10.2 Å². The molecule has 2 saturated heterocycles. The van der Waals surface area contributed by atoms with Crippen LogP contribution >= 0.6 is 23.2 Å². The predicted molar refractivity (Wildman–Crippen MR) is 98.8 cm³/mol. The van der Waals surface area contributed by atoms with E-state index in [2.05, 4.69) is 5.32 Å². The molecule has 0 spiro atoms. The third kappa shape index (κ3) is 4.42. The van der Waals surface area contributed by atoms with Crippen LogP contribution in [0, 0.1) is 11.8 Å². The van der Waals surface area contributed by atoms with Gasteiger partial charge in [0.05, 0.1) is 10.0 Å². The van der Waals surface area contributed by atoms with Crippen LogP contribution in [0.2, 0.25) is 10.0 Å². The van der Waals surface area contributed by atoms with Crippen molar-refractivity contribution in [2.24, 2.45) is 11.8 Å². The Balaban J connectivity index is 1.76. The van der Waals surface area contributed by atoms with Gasteiger partial charge in [-0.2, -0.15) is 0 Å². The molecule has 1 aromatic carbocycles. The first-order valence-electron chi connectivity index (χ1n) is 8.74. The predicted octanol–water partition coefficient (Wildman–Crippen LogP) is 3.23. The molecular formula is C18H22Cl2N2O4. The van der Waals surface area contributed by atoms with Gasteiger partial charge in [0, 0.05) is 50.6 Å². The second kappa shape index (κ2) is 8.46. The molecule has 0 bridgehead atoms. The van der Waals surface area contributed by atoms with Crippen LogP contribution < -0.4 is 5.32 Å². The number of halogens is 2. The van der Waals surface area contributed by atoms with Crippen LogP contribution in [-0.2, 0) is 9.53 Å². The molecule has 8 heteroatoms. The lowest BCUT2D eigenvalue weighted by molar-refractivity contribution is -0.137. The van der Waals surface area contributed by atoms with Crippen LogP contribution in [0.25, 0.3) is 0 Å². The van der Waals surface area contributed by atoms with Crippen molar-refractivity contribution < 1.29 is 19.4 Å². The van der Waals surface area contributed by atoms with Crippen LogP contribution in [0.4, 0.5) is 4.79 Å². The Kier molecular flexibility index (Phi) is 6.27. The Morgan fingerprint density at radius 1 is 1.19 bits per heavy atom. The van der Waals surface area contributed by atoms with Gasteiger partial charge in [-0.05, 0) is 30.5 Å². The van der Waals surface area contributed by atoms with E-state index >= 15 is 0 Å². The van der Waals surface area contributed by atoms with E-state index in [4.69, 9.17) is 33.0 Å². The SMILES string of the molecule is O=C(O)NC[C@H]1CN(C(=O)C2CCOCC2)C[C@H]1c1ccc(Cl)c(Cl)c1. The highest BCUT2D eigenvalue weighted by Crippen LogP contribution is 2.36.